The van der Waals surface area contributed by atoms with E-state index in [2.05, 4.69) is 0 Å². The number of nitrogens with two attached hydrogens (primary N) is 1. The Morgan fingerprint density at radius 2 is 1.90 bits per heavy atom. The van der Waals surface area contributed by atoms with Gasteiger partial charge >= 0.3 is 0 Å². The summed E-state index contributed by atoms with van der Waals surface area (Å²) in [5, 5.41) is 0. The number of carbonyl (C=O) groups excluding carboxylic acids is 1. The van der Waals surface area contributed by atoms with E-state index in [1.807, 2.05) is 24.3 Å². The normalized spacial score (nSPS) is 20.8. The highest BCUT2D eigenvalue weighted by atomic mass is 32.2. The second kappa shape index (κ2) is 5.93. The van der Waals surface area contributed by atoms with Gasteiger partial charge in [0.05, 0.1) is 17.4 Å². The minimum atomic E-state index is -3.02. The third-order valence-corrected chi connectivity index (χ3v) is 5.40. The molecule has 1 saturated heterocycles. The Balaban J connectivity index is 1.97. The molecule has 0 saturated carbocycles. The van der Waals surface area contributed by atoms with E-state index in [0.29, 0.717) is 19.5 Å². The highest BCUT2D eigenvalue weighted by molar-refractivity contribution is 7.91. The van der Waals surface area contributed by atoms with Crippen molar-refractivity contribution < 1.29 is 13.2 Å². The van der Waals surface area contributed by atoms with E-state index in [-0.39, 0.29) is 23.3 Å². The average Bonchev–Trinajstić information content (AvgIpc) is 2.79. The zero-order valence-electron chi connectivity index (χ0n) is 11.6. The third kappa shape index (κ3) is 3.58. The maximum Gasteiger partial charge on any atom is 0.226 e. The Morgan fingerprint density at radius 1 is 1.30 bits per heavy atom. The largest absolute Gasteiger partial charge is 0.341 e. The SMILES string of the molecule is CN(Cc1ccc(CN)cc1)C(=O)C1CCS(=O)(=O)C1. The molecule has 1 fully saturated rings. The summed E-state index contributed by atoms with van der Waals surface area (Å²) in [7, 11) is -1.30. The van der Waals surface area contributed by atoms with Crippen LogP contribution in [-0.4, -0.2) is 37.8 Å². The van der Waals surface area contributed by atoms with Gasteiger partial charge in [0.1, 0.15) is 0 Å². The molecule has 0 aromatic heterocycles. The van der Waals surface area contributed by atoms with Crippen molar-refractivity contribution in [2.75, 3.05) is 18.6 Å². The topological polar surface area (TPSA) is 80.5 Å². The lowest BCUT2D eigenvalue weighted by Gasteiger charge is -2.20. The summed E-state index contributed by atoms with van der Waals surface area (Å²) in [6, 6.07) is 7.76. The second-order valence-corrected chi connectivity index (χ2v) is 7.54. The number of hydrogen-bond acceptors (Lipinski definition) is 4. The first-order chi connectivity index (χ1) is 9.41. The van der Waals surface area contributed by atoms with Gasteiger partial charge in [0.15, 0.2) is 9.84 Å². The molecule has 110 valence electrons. The van der Waals surface area contributed by atoms with E-state index in [1.54, 1.807) is 11.9 Å². The van der Waals surface area contributed by atoms with Crippen molar-refractivity contribution in [2.24, 2.45) is 11.7 Å². The van der Waals surface area contributed by atoms with Crippen LogP contribution in [0.4, 0.5) is 0 Å². The molecular formula is C14H20N2O3S. The molecule has 1 amide bonds. The Kier molecular flexibility index (Phi) is 4.45. The van der Waals surface area contributed by atoms with Crippen molar-refractivity contribution in [2.45, 2.75) is 19.5 Å². The molecule has 6 heteroatoms. The van der Waals surface area contributed by atoms with Crippen LogP contribution in [0.15, 0.2) is 24.3 Å². The lowest BCUT2D eigenvalue weighted by Crippen LogP contribution is -2.33. The van der Waals surface area contributed by atoms with Crippen molar-refractivity contribution in [1.82, 2.24) is 4.90 Å². The van der Waals surface area contributed by atoms with Gasteiger partial charge in [0.25, 0.3) is 0 Å². The first-order valence-electron chi connectivity index (χ1n) is 6.64. The van der Waals surface area contributed by atoms with Crippen LogP contribution in [-0.2, 0) is 27.7 Å². The fourth-order valence-corrected chi connectivity index (χ4v) is 4.17. The number of hydrogen-bond donors (Lipinski definition) is 1. The highest BCUT2D eigenvalue weighted by Gasteiger charge is 2.34. The van der Waals surface area contributed by atoms with Gasteiger partial charge in [0.2, 0.25) is 5.91 Å². The van der Waals surface area contributed by atoms with Crippen LogP contribution in [0.3, 0.4) is 0 Å². The first kappa shape index (κ1) is 15.0. The zero-order valence-corrected chi connectivity index (χ0v) is 12.4. The van der Waals surface area contributed by atoms with Crippen molar-refractivity contribution in [1.29, 1.82) is 0 Å². The average molecular weight is 296 g/mol. The monoisotopic (exact) mass is 296 g/mol. The summed E-state index contributed by atoms with van der Waals surface area (Å²) in [6.45, 7) is 0.981. The number of sulfone groups is 1. The molecule has 0 aliphatic carbocycles. The van der Waals surface area contributed by atoms with E-state index in [0.717, 1.165) is 11.1 Å². The molecule has 1 atom stereocenters. The molecule has 2 N–H and O–H groups in total. The minimum Gasteiger partial charge on any atom is -0.341 e. The van der Waals surface area contributed by atoms with Gasteiger partial charge in [-0.25, -0.2) is 8.42 Å². The van der Waals surface area contributed by atoms with Gasteiger partial charge < -0.3 is 10.6 Å². The number of amides is 1. The van der Waals surface area contributed by atoms with Crippen molar-refractivity contribution in [3.05, 3.63) is 35.4 Å². The van der Waals surface area contributed by atoms with E-state index in [1.165, 1.54) is 0 Å². The molecule has 5 nitrogen and oxygen atoms in total. The summed E-state index contributed by atoms with van der Waals surface area (Å²) in [6.07, 6.45) is 0.442. The minimum absolute atomic E-state index is 0.0116. The van der Waals surface area contributed by atoms with Crippen LogP contribution in [0.1, 0.15) is 17.5 Å². The first-order valence-corrected chi connectivity index (χ1v) is 8.47. The van der Waals surface area contributed by atoms with Gasteiger partial charge in [-0.05, 0) is 17.5 Å². The number of carbonyl (C=O) groups is 1. The molecule has 1 aromatic rings. The highest BCUT2D eigenvalue weighted by Crippen LogP contribution is 2.21. The van der Waals surface area contributed by atoms with Crippen LogP contribution in [0.2, 0.25) is 0 Å². The summed E-state index contributed by atoms with van der Waals surface area (Å²) in [5.41, 5.74) is 7.59. The van der Waals surface area contributed by atoms with E-state index < -0.39 is 9.84 Å². The van der Waals surface area contributed by atoms with E-state index >= 15 is 0 Å². The number of benzene rings is 1. The summed E-state index contributed by atoms with van der Waals surface area (Å²) in [4.78, 5) is 13.8. The van der Waals surface area contributed by atoms with Crippen LogP contribution in [0.25, 0.3) is 0 Å². The van der Waals surface area contributed by atoms with Gasteiger partial charge in [-0.3, -0.25) is 4.79 Å². The quantitative estimate of drug-likeness (QED) is 0.879. The summed E-state index contributed by atoms with van der Waals surface area (Å²) in [5.74, 6) is -0.354. The van der Waals surface area contributed by atoms with Crippen LogP contribution < -0.4 is 5.73 Å². The van der Waals surface area contributed by atoms with Gasteiger partial charge in [-0.2, -0.15) is 0 Å². The zero-order chi connectivity index (χ0) is 14.8. The molecule has 2 rings (SSSR count). The Hall–Kier alpha value is -1.40. The van der Waals surface area contributed by atoms with E-state index in [4.69, 9.17) is 5.73 Å². The molecule has 0 spiro atoms. The summed E-state index contributed by atoms with van der Waals surface area (Å²) < 4.78 is 22.8. The second-order valence-electron chi connectivity index (χ2n) is 5.31. The predicted molar refractivity (Wildman–Crippen MR) is 77.6 cm³/mol. The molecule has 1 heterocycles. The Bertz CT molecular complexity index is 581. The number of rotatable bonds is 4. The summed E-state index contributed by atoms with van der Waals surface area (Å²) >= 11 is 0. The van der Waals surface area contributed by atoms with Gasteiger partial charge in [-0.15, -0.1) is 0 Å². The maximum atomic E-state index is 12.2. The Labute approximate surface area is 119 Å². The third-order valence-electron chi connectivity index (χ3n) is 3.64. The van der Waals surface area contributed by atoms with Crippen molar-refractivity contribution in [3.8, 4) is 0 Å². The molecule has 1 aliphatic rings. The van der Waals surface area contributed by atoms with Gasteiger partial charge in [0, 0.05) is 20.1 Å². The van der Waals surface area contributed by atoms with Crippen molar-refractivity contribution >= 4 is 15.7 Å². The molecule has 20 heavy (non-hydrogen) atoms. The smallest absolute Gasteiger partial charge is 0.226 e. The maximum absolute atomic E-state index is 12.2. The van der Waals surface area contributed by atoms with Crippen molar-refractivity contribution in [3.63, 3.8) is 0 Å². The molecular weight excluding hydrogens is 276 g/mol. The van der Waals surface area contributed by atoms with Crippen LogP contribution >= 0.6 is 0 Å². The number of nitrogens with zero attached hydrogens (tertiary/aromatic N) is 1. The standard InChI is InChI=1S/C14H20N2O3S/c1-16(9-12-4-2-11(8-15)3-5-12)14(17)13-6-7-20(18,19)10-13/h2-5,13H,6-10,15H2,1H3. The predicted octanol–water partition coefficient (Wildman–Crippen LogP) is 0.538. The fourth-order valence-electron chi connectivity index (χ4n) is 2.43. The molecule has 1 aliphatic heterocycles. The lowest BCUT2D eigenvalue weighted by atomic mass is 10.1. The van der Waals surface area contributed by atoms with Gasteiger partial charge in [-0.1, -0.05) is 24.3 Å². The molecule has 0 bridgehead atoms. The Morgan fingerprint density at radius 3 is 2.40 bits per heavy atom. The molecule has 1 aromatic carbocycles. The lowest BCUT2D eigenvalue weighted by molar-refractivity contribution is -0.133. The van der Waals surface area contributed by atoms with Crippen LogP contribution in [0.5, 0.6) is 0 Å². The fraction of sp³-hybridized carbons (Fsp3) is 0.500. The van der Waals surface area contributed by atoms with E-state index in [9.17, 15) is 13.2 Å². The van der Waals surface area contributed by atoms with Crippen LogP contribution in [0, 0.1) is 5.92 Å². The molecule has 1 unspecified atom stereocenters. The molecule has 0 radical (unpaired) electrons.